The number of oxime groups is 1. The Balaban J connectivity index is 2.12. The molecule has 2 rings (SSSR count). The highest BCUT2D eigenvalue weighted by Gasteiger charge is 2.32. The van der Waals surface area contributed by atoms with Crippen LogP contribution in [0.3, 0.4) is 0 Å². The van der Waals surface area contributed by atoms with Gasteiger partial charge in [-0.25, -0.2) is 4.98 Å². The van der Waals surface area contributed by atoms with E-state index in [1.54, 1.807) is 18.2 Å². The molecule has 0 aliphatic carbocycles. The second-order valence-electron chi connectivity index (χ2n) is 4.74. The molecule has 0 saturated heterocycles. The smallest absolute Gasteiger partial charge is 0.433 e. The highest BCUT2D eigenvalue weighted by atomic mass is 79.9. The first-order valence-electron chi connectivity index (χ1n) is 6.95. The molecule has 0 bridgehead atoms. The van der Waals surface area contributed by atoms with Crippen LogP contribution in [-0.2, 0) is 17.6 Å². The molecular formula is C16H14BrF3N2O3. The minimum absolute atomic E-state index is 0.00805. The Morgan fingerprint density at radius 1 is 1.16 bits per heavy atom. The number of pyridine rings is 1. The van der Waals surface area contributed by atoms with Crippen LogP contribution < -0.4 is 9.47 Å². The van der Waals surface area contributed by atoms with E-state index in [1.165, 1.54) is 20.3 Å². The Labute approximate surface area is 150 Å². The minimum Gasteiger partial charge on any atom is -0.496 e. The highest BCUT2D eigenvalue weighted by Crippen LogP contribution is 2.30. The molecule has 9 heteroatoms. The molecule has 5 nitrogen and oxygen atoms in total. The molecule has 0 atom stereocenters. The maximum Gasteiger partial charge on any atom is 0.433 e. The summed E-state index contributed by atoms with van der Waals surface area (Å²) in [6.07, 6.45) is -3.44. The number of ether oxygens (including phenoxy) is 2. The summed E-state index contributed by atoms with van der Waals surface area (Å²) >= 11 is 3.01. The number of nitrogens with zero attached hydrogens (tertiary/aromatic N) is 2. The van der Waals surface area contributed by atoms with Crippen LogP contribution in [0.4, 0.5) is 13.2 Å². The van der Waals surface area contributed by atoms with Crippen molar-refractivity contribution in [2.75, 3.05) is 14.2 Å². The van der Waals surface area contributed by atoms with Crippen molar-refractivity contribution in [2.24, 2.45) is 5.16 Å². The predicted octanol–water partition coefficient (Wildman–Crippen LogP) is 4.43. The Morgan fingerprint density at radius 2 is 1.80 bits per heavy atom. The van der Waals surface area contributed by atoms with E-state index in [-0.39, 0.29) is 16.8 Å². The summed E-state index contributed by atoms with van der Waals surface area (Å²) in [6.45, 7) is 0.0177. The second-order valence-corrected chi connectivity index (χ2v) is 5.66. The lowest BCUT2D eigenvalue weighted by Gasteiger charge is -2.11. The fraction of sp³-hybridized carbons (Fsp3) is 0.250. The number of methoxy groups -OCH3 is 2. The summed E-state index contributed by atoms with van der Waals surface area (Å²) in [4.78, 5) is 8.63. The van der Waals surface area contributed by atoms with Gasteiger partial charge in [-0.1, -0.05) is 27.2 Å². The van der Waals surface area contributed by atoms with Gasteiger partial charge in [-0.2, -0.15) is 13.2 Å². The van der Waals surface area contributed by atoms with Gasteiger partial charge in [-0.05, 0) is 24.3 Å². The van der Waals surface area contributed by atoms with E-state index >= 15 is 0 Å². The van der Waals surface area contributed by atoms with Gasteiger partial charge in [0.25, 0.3) is 0 Å². The molecule has 1 aromatic carbocycles. The topological polar surface area (TPSA) is 52.9 Å². The first-order valence-corrected chi connectivity index (χ1v) is 7.74. The summed E-state index contributed by atoms with van der Waals surface area (Å²) in [5, 5.41) is 3.67. The molecule has 0 unspecified atom stereocenters. The molecule has 0 spiro atoms. The van der Waals surface area contributed by atoms with Gasteiger partial charge in [-0.15, -0.1) is 0 Å². The van der Waals surface area contributed by atoms with E-state index in [9.17, 15) is 13.2 Å². The fourth-order valence-corrected chi connectivity index (χ4v) is 2.44. The van der Waals surface area contributed by atoms with Gasteiger partial charge in [0.05, 0.1) is 31.7 Å². The highest BCUT2D eigenvalue weighted by molar-refractivity contribution is 9.10. The van der Waals surface area contributed by atoms with Crippen LogP contribution in [0.25, 0.3) is 0 Å². The lowest BCUT2D eigenvalue weighted by molar-refractivity contribution is -0.141. The Morgan fingerprint density at radius 3 is 2.36 bits per heavy atom. The van der Waals surface area contributed by atoms with Gasteiger partial charge in [-0.3, -0.25) is 0 Å². The van der Waals surface area contributed by atoms with Crippen molar-refractivity contribution in [2.45, 2.75) is 12.8 Å². The first kappa shape index (κ1) is 19.0. The molecular weight excluding hydrogens is 405 g/mol. The quantitative estimate of drug-likeness (QED) is 0.514. The van der Waals surface area contributed by atoms with Gasteiger partial charge < -0.3 is 14.3 Å². The maximum absolute atomic E-state index is 12.7. The lowest BCUT2D eigenvalue weighted by Crippen LogP contribution is -2.09. The summed E-state index contributed by atoms with van der Waals surface area (Å²) < 4.78 is 48.9. The zero-order chi connectivity index (χ0) is 18.4. The van der Waals surface area contributed by atoms with Crippen molar-refractivity contribution in [1.82, 2.24) is 4.98 Å². The molecule has 1 heterocycles. The van der Waals surface area contributed by atoms with E-state index in [1.807, 2.05) is 0 Å². The second kappa shape index (κ2) is 8.19. The molecule has 0 aliphatic heterocycles. The molecule has 25 heavy (non-hydrogen) atoms. The number of hydrogen-bond donors (Lipinski definition) is 0. The van der Waals surface area contributed by atoms with E-state index in [0.29, 0.717) is 17.1 Å². The molecule has 0 radical (unpaired) electrons. The third-order valence-electron chi connectivity index (χ3n) is 3.10. The summed E-state index contributed by atoms with van der Waals surface area (Å²) in [7, 11) is 3.01. The van der Waals surface area contributed by atoms with Crippen molar-refractivity contribution >= 4 is 22.1 Å². The van der Waals surface area contributed by atoms with E-state index in [0.717, 1.165) is 12.3 Å². The lowest BCUT2D eigenvalue weighted by atomic mass is 10.2. The molecule has 1 aromatic heterocycles. The number of alkyl halides is 3. The van der Waals surface area contributed by atoms with Gasteiger partial charge in [0.1, 0.15) is 23.8 Å². The molecule has 134 valence electrons. The van der Waals surface area contributed by atoms with E-state index in [2.05, 4.69) is 26.1 Å². The average molecular weight is 419 g/mol. The SMILES string of the molecule is COc1cccc(OC)c1CON=Cc1cc(Br)cc(C(F)(F)F)n1. The standard InChI is InChI=1S/C16H14BrF3N2O3/c1-23-13-4-3-5-14(24-2)12(13)9-25-21-8-11-6-10(17)7-15(22-11)16(18,19)20/h3-8H,9H2,1-2H3. The number of halogens is 4. The van der Waals surface area contributed by atoms with Crippen LogP contribution in [0.5, 0.6) is 11.5 Å². The van der Waals surface area contributed by atoms with Crippen molar-refractivity contribution < 1.29 is 27.5 Å². The van der Waals surface area contributed by atoms with E-state index in [4.69, 9.17) is 14.3 Å². The van der Waals surface area contributed by atoms with Gasteiger partial charge in [0.2, 0.25) is 0 Å². The maximum atomic E-state index is 12.7. The number of aromatic nitrogens is 1. The first-order chi connectivity index (χ1) is 11.8. The van der Waals surface area contributed by atoms with Crippen LogP contribution >= 0.6 is 15.9 Å². The summed E-state index contributed by atoms with van der Waals surface area (Å²) in [5.74, 6) is 1.10. The minimum atomic E-state index is -4.54. The molecule has 0 saturated carbocycles. The normalized spacial score (nSPS) is 11.6. The van der Waals surface area contributed by atoms with Crippen LogP contribution in [0, 0.1) is 0 Å². The number of benzene rings is 1. The zero-order valence-electron chi connectivity index (χ0n) is 13.3. The number of hydrogen-bond acceptors (Lipinski definition) is 5. The molecule has 2 aromatic rings. The molecule has 0 aliphatic rings. The van der Waals surface area contributed by atoms with Crippen molar-refractivity contribution in [1.29, 1.82) is 0 Å². The predicted molar refractivity (Wildman–Crippen MR) is 88.9 cm³/mol. The zero-order valence-corrected chi connectivity index (χ0v) is 14.9. The average Bonchev–Trinajstić information content (AvgIpc) is 2.57. The Hall–Kier alpha value is -2.29. The van der Waals surface area contributed by atoms with Gasteiger partial charge in [0.15, 0.2) is 0 Å². The number of rotatable bonds is 6. The largest absolute Gasteiger partial charge is 0.496 e. The van der Waals surface area contributed by atoms with Crippen molar-refractivity contribution in [3.8, 4) is 11.5 Å². The monoisotopic (exact) mass is 418 g/mol. The Bertz CT molecular complexity index is 745. The van der Waals surface area contributed by atoms with Gasteiger partial charge >= 0.3 is 6.18 Å². The summed E-state index contributed by atoms with van der Waals surface area (Å²) in [5.41, 5.74) is -0.383. The molecule has 0 amide bonds. The van der Waals surface area contributed by atoms with Crippen LogP contribution in [0.1, 0.15) is 17.0 Å². The molecule has 0 fully saturated rings. The van der Waals surface area contributed by atoms with Crippen molar-refractivity contribution in [3.63, 3.8) is 0 Å². The summed E-state index contributed by atoms with van der Waals surface area (Å²) in [6, 6.07) is 7.50. The van der Waals surface area contributed by atoms with Crippen molar-refractivity contribution in [3.05, 3.63) is 51.8 Å². The third-order valence-corrected chi connectivity index (χ3v) is 3.56. The van der Waals surface area contributed by atoms with Crippen LogP contribution in [0.15, 0.2) is 40.0 Å². The van der Waals surface area contributed by atoms with E-state index < -0.39 is 11.9 Å². The third kappa shape index (κ3) is 5.09. The van der Waals surface area contributed by atoms with Crippen LogP contribution in [0.2, 0.25) is 0 Å². The molecule has 0 N–H and O–H groups in total. The fourth-order valence-electron chi connectivity index (χ4n) is 1.99. The Kier molecular flexibility index (Phi) is 6.24. The van der Waals surface area contributed by atoms with Gasteiger partial charge in [0, 0.05) is 4.47 Å². The van der Waals surface area contributed by atoms with Crippen LogP contribution in [-0.4, -0.2) is 25.4 Å².